The molecule has 0 bridgehead atoms. The second kappa shape index (κ2) is 11.0. The summed E-state index contributed by atoms with van der Waals surface area (Å²) in [5, 5.41) is 0. The molecule has 0 radical (unpaired) electrons. The summed E-state index contributed by atoms with van der Waals surface area (Å²) < 4.78 is 16.0. The molecular weight excluding hydrogens is 232 g/mol. The van der Waals surface area contributed by atoms with Crippen molar-refractivity contribution < 1.29 is 13.3 Å². The first-order valence-electron chi connectivity index (χ1n) is 6.55. The average molecular weight is 260 g/mol. The van der Waals surface area contributed by atoms with Gasteiger partial charge >= 0.3 is 8.80 Å². The van der Waals surface area contributed by atoms with E-state index in [4.69, 9.17) is 13.3 Å². The van der Waals surface area contributed by atoms with E-state index in [-0.39, 0.29) is 0 Å². The molecule has 102 valence electrons. The largest absolute Gasteiger partial charge is 0.504 e. The monoisotopic (exact) mass is 260 g/mol. The first-order valence-corrected chi connectivity index (χ1v) is 8.48. The van der Waals surface area contributed by atoms with Gasteiger partial charge in [0.15, 0.2) is 0 Å². The van der Waals surface area contributed by atoms with Crippen LogP contribution in [0.2, 0.25) is 6.04 Å². The minimum atomic E-state index is -2.39. The third-order valence-corrected chi connectivity index (χ3v) is 5.54. The van der Waals surface area contributed by atoms with E-state index in [1.165, 1.54) is 32.1 Å². The van der Waals surface area contributed by atoms with Gasteiger partial charge in [0, 0.05) is 27.4 Å². The predicted molar refractivity (Wildman–Crippen MR) is 74.1 cm³/mol. The van der Waals surface area contributed by atoms with Gasteiger partial charge in [-0.15, -0.1) is 0 Å². The molecule has 17 heavy (non-hydrogen) atoms. The zero-order valence-corrected chi connectivity index (χ0v) is 12.8. The number of rotatable bonds is 11. The quantitative estimate of drug-likeness (QED) is 0.321. The van der Waals surface area contributed by atoms with Gasteiger partial charge in [0.1, 0.15) is 0 Å². The average Bonchev–Trinajstić information content (AvgIpc) is 2.38. The second-order valence-electron chi connectivity index (χ2n) is 4.17. The Bertz CT molecular complexity index is 183. The van der Waals surface area contributed by atoms with E-state index in [1.807, 2.05) is 0 Å². The summed E-state index contributed by atoms with van der Waals surface area (Å²) in [5.41, 5.74) is 0. The Morgan fingerprint density at radius 1 is 0.824 bits per heavy atom. The summed E-state index contributed by atoms with van der Waals surface area (Å²) in [6, 6.07) is 0.755. The van der Waals surface area contributed by atoms with Crippen LogP contribution >= 0.6 is 0 Å². The van der Waals surface area contributed by atoms with Gasteiger partial charge in [-0.3, -0.25) is 0 Å². The SMILES string of the molecule is CCCCCCCC=CC[Si](OC)(OC)OC. The zero-order chi connectivity index (χ0) is 13.0. The standard InChI is InChI=1S/C13H28O3Si/c1-5-6-7-8-9-10-11-12-13-17(14-2,15-3)16-4/h11-12H,5-10,13H2,1-4H3. The highest BCUT2D eigenvalue weighted by Gasteiger charge is 2.35. The van der Waals surface area contributed by atoms with Gasteiger partial charge in [0.25, 0.3) is 0 Å². The molecular formula is C13H28O3Si. The van der Waals surface area contributed by atoms with Gasteiger partial charge < -0.3 is 13.3 Å². The maximum absolute atomic E-state index is 5.34. The van der Waals surface area contributed by atoms with Gasteiger partial charge in [-0.25, -0.2) is 0 Å². The minimum absolute atomic E-state index is 0.755. The van der Waals surface area contributed by atoms with Crippen LogP contribution in [0.15, 0.2) is 12.2 Å². The maximum Gasteiger partial charge on any atom is 0.504 e. The summed E-state index contributed by atoms with van der Waals surface area (Å²) in [4.78, 5) is 0. The van der Waals surface area contributed by atoms with Crippen LogP contribution in [-0.4, -0.2) is 30.1 Å². The Morgan fingerprint density at radius 3 is 1.94 bits per heavy atom. The zero-order valence-electron chi connectivity index (χ0n) is 11.8. The van der Waals surface area contributed by atoms with Crippen molar-refractivity contribution in [3.8, 4) is 0 Å². The lowest BCUT2D eigenvalue weighted by Crippen LogP contribution is -2.42. The molecule has 0 aromatic carbocycles. The molecule has 0 fully saturated rings. The molecule has 0 unspecified atom stereocenters. The van der Waals surface area contributed by atoms with Crippen LogP contribution in [0.3, 0.4) is 0 Å². The summed E-state index contributed by atoms with van der Waals surface area (Å²) >= 11 is 0. The van der Waals surface area contributed by atoms with Crippen LogP contribution in [0.25, 0.3) is 0 Å². The smallest absolute Gasteiger partial charge is 0.377 e. The van der Waals surface area contributed by atoms with Gasteiger partial charge in [-0.05, 0) is 12.8 Å². The van der Waals surface area contributed by atoms with Crippen LogP contribution in [0.1, 0.15) is 45.4 Å². The van der Waals surface area contributed by atoms with Gasteiger partial charge in [0.2, 0.25) is 0 Å². The molecule has 0 heterocycles. The molecule has 0 aromatic heterocycles. The fraction of sp³-hybridized carbons (Fsp3) is 0.846. The first kappa shape index (κ1) is 16.8. The van der Waals surface area contributed by atoms with E-state index in [1.54, 1.807) is 21.3 Å². The highest BCUT2D eigenvalue weighted by atomic mass is 28.4. The fourth-order valence-electron chi connectivity index (χ4n) is 1.71. The van der Waals surface area contributed by atoms with Crippen LogP contribution in [0.4, 0.5) is 0 Å². The minimum Gasteiger partial charge on any atom is -0.377 e. The number of allylic oxidation sites excluding steroid dienone is 2. The summed E-state index contributed by atoms with van der Waals surface area (Å²) in [5.74, 6) is 0. The van der Waals surface area contributed by atoms with Crippen molar-refractivity contribution in [3.63, 3.8) is 0 Å². The van der Waals surface area contributed by atoms with Gasteiger partial charge in [-0.2, -0.15) is 0 Å². The Kier molecular flexibility index (Phi) is 10.9. The third kappa shape index (κ3) is 7.71. The summed E-state index contributed by atoms with van der Waals surface area (Å²) in [6.07, 6.45) is 12.1. The molecule has 0 spiro atoms. The molecule has 0 aromatic rings. The van der Waals surface area contributed by atoms with Crippen molar-refractivity contribution >= 4 is 8.80 Å². The normalized spacial score (nSPS) is 12.5. The van der Waals surface area contributed by atoms with E-state index in [0.717, 1.165) is 12.5 Å². The highest BCUT2D eigenvalue weighted by Crippen LogP contribution is 2.13. The van der Waals surface area contributed by atoms with Crippen LogP contribution < -0.4 is 0 Å². The molecule has 0 saturated carbocycles. The van der Waals surface area contributed by atoms with Crippen LogP contribution in [0, 0.1) is 0 Å². The lowest BCUT2D eigenvalue weighted by molar-refractivity contribution is 0.127. The molecule has 3 nitrogen and oxygen atoms in total. The number of unbranched alkanes of at least 4 members (excludes halogenated alkanes) is 5. The van der Waals surface area contributed by atoms with E-state index in [0.29, 0.717) is 0 Å². The number of hydrogen-bond donors (Lipinski definition) is 0. The van der Waals surface area contributed by atoms with Crippen LogP contribution in [-0.2, 0) is 13.3 Å². The molecule has 0 saturated heterocycles. The fourth-order valence-corrected chi connectivity index (χ4v) is 3.17. The highest BCUT2D eigenvalue weighted by molar-refractivity contribution is 6.61. The molecule has 0 N–H and O–H groups in total. The van der Waals surface area contributed by atoms with E-state index >= 15 is 0 Å². The predicted octanol–water partition coefficient (Wildman–Crippen LogP) is 3.78. The maximum atomic E-state index is 5.34. The molecule has 0 aliphatic rings. The van der Waals surface area contributed by atoms with E-state index < -0.39 is 8.80 Å². The van der Waals surface area contributed by atoms with Crippen molar-refractivity contribution in [1.29, 1.82) is 0 Å². The van der Waals surface area contributed by atoms with Crippen molar-refractivity contribution in [2.75, 3.05) is 21.3 Å². The second-order valence-corrected chi connectivity index (χ2v) is 7.17. The Balaban J connectivity index is 3.64. The van der Waals surface area contributed by atoms with Crippen molar-refractivity contribution in [2.24, 2.45) is 0 Å². The summed E-state index contributed by atoms with van der Waals surface area (Å²) in [6.45, 7) is 2.24. The third-order valence-electron chi connectivity index (χ3n) is 2.94. The van der Waals surface area contributed by atoms with E-state index in [9.17, 15) is 0 Å². The van der Waals surface area contributed by atoms with Crippen molar-refractivity contribution in [1.82, 2.24) is 0 Å². The summed E-state index contributed by atoms with van der Waals surface area (Å²) in [7, 11) is 2.57. The molecule has 0 rings (SSSR count). The molecule has 0 aliphatic carbocycles. The molecule has 4 heteroatoms. The lowest BCUT2D eigenvalue weighted by atomic mass is 10.1. The van der Waals surface area contributed by atoms with Gasteiger partial charge in [0.05, 0.1) is 0 Å². The van der Waals surface area contributed by atoms with Crippen LogP contribution in [0.5, 0.6) is 0 Å². The van der Waals surface area contributed by atoms with Crippen molar-refractivity contribution in [3.05, 3.63) is 12.2 Å². The Hall–Kier alpha value is -0.163. The Labute approximate surface area is 108 Å². The molecule has 0 aliphatic heterocycles. The first-order chi connectivity index (χ1) is 8.24. The van der Waals surface area contributed by atoms with E-state index in [2.05, 4.69) is 19.1 Å². The Morgan fingerprint density at radius 2 is 1.41 bits per heavy atom. The lowest BCUT2D eigenvalue weighted by Gasteiger charge is -2.22. The molecule has 0 amide bonds. The van der Waals surface area contributed by atoms with Gasteiger partial charge in [-0.1, -0.05) is 44.8 Å². The molecule has 0 atom stereocenters. The topological polar surface area (TPSA) is 27.7 Å². The number of hydrogen-bond acceptors (Lipinski definition) is 3. The van der Waals surface area contributed by atoms with Crippen molar-refractivity contribution in [2.45, 2.75) is 51.5 Å².